The summed E-state index contributed by atoms with van der Waals surface area (Å²) in [5, 5.41) is 3.14. The standard InChI is InChI=1S/C16H10FN3O/c17-11-7-5-10(6-8-11)15-16(21)20-13-4-2-1-3-12(13)18-9-14(20)19-15/h1-9,15H/p+1. The van der Waals surface area contributed by atoms with Gasteiger partial charge in [0.15, 0.2) is 5.52 Å². The van der Waals surface area contributed by atoms with E-state index in [1.54, 1.807) is 22.9 Å². The predicted octanol–water partition coefficient (Wildman–Crippen LogP) is 2.47. The molecule has 0 saturated carbocycles. The summed E-state index contributed by atoms with van der Waals surface area (Å²) in [5.74, 6) is 0.240. The minimum atomic E-state index is -0.516. The van der Waals surface area contributed by atoms with Crippen molar-refractivity contribution in [2.75, 3.05) is 5.32 Å². The molecule has 0 bridgehead atoms. The topological polar surface area (TPSA) is 45.9 Å². The molecule has 1 aliphatic heterocycles. The quantitative estimate of drug-likeness (QED) is 0.696. The number of aromatic nitrogens is 2. The van der Waals surface area contributed by atoms with Gasteiger partial charge in [-0.1, -0.05) is 24.3 Å². The molecular weight excluding hydrogens is 269 g/mol. The molecule has 0 spiro atoms. The van der Waals surface area contributed by atoms with E-state index in [-0.39, 0.29) is 11.7 Å². The van der Waals surface area contributed by atoms with Gasteiger partial charge < -0.3 is 0 Å². The Balaban J connectivity index is 1.85. The lowest BCUT2D eigenvalue weighted by Gasteiger charge is -2.02. The lowest BCUT2D eigenvalue weighted by Crippen LogP contribution is -2.41. The van der Waals surface area contributed by atoms with E-state index in [4.69, 9.17) is 0 Å². The number of carbonyl (C=O) groups excluding carboxylic acids is 1. The summed E-state index contributed by atoms with van der Waals surface area (Å²) in [6.07, 6.45) is 1.64. The zero-order valence-electron chi connectivity index (χ0n) is 11.0. The number of halogens is 1. The minimum Gasteiger partial charge on any atom is -0.254 e. The highest BCUT2D eigenvalue weighted by molar-refractivity contribution is 5.87. The first-order valence-electron chi connectivity index (χ1n) is 6.60. The fourth-order valence-electron chi connectivity index (χ4n) is 2.64. The van der Waals surface area contributed by atoms with Crippen LogP contribution < -0.4 is 9.88 Å². The van der Waals surface area contributed by atoms with Crippen LogP contribution in [0.1, 0.15) is 16.4 Å². The maximum atomic E-state index is 13.0. The van der Waals surface area contributed by atoms with Crippen molar-refractivity contribution in [2.45, 2.75) is 6.04 Å². The van der Waals surface area contributed by atoms with Gasteiger partial charge in [-0.25, -0.2) is 14.2 Å². The van der Waals surface area contributed by atoms with Crippen LogP contribution in [0.2, 0.25) is 0 Å². The number of nitrogens with one attached hydrogen (secondary N) is 1. The molecule has 1 atom stereocenters. The van der Waals surface area contributed by atoms with Crippen molar-refractivity contribution in [3.8, 4) is 0 Å². The average molecular weight is 280 g/mol. The zero-order valence-corrected chi connectivity index (χ0v) is 11.0. The molecule has 2 heterocycles. The summed E-state index contributed by atoms with van der Waals surface area (Å²) in [6.45, 7) is 0. The number of hydrogen-bond donors (Lipinski definition) is 1. The normalized spacial score (nSPS) is 16.8. The van der Waals surface area contributed by atoms with E-state index < -0.39 is 6.04 Å². The molecule has 0 aliphatic carbocycles. The van der Waals surface area contributed by atoms with E-state index in [1.807, 2.05) is 24.3 Å². The summed E-state index contributed by atoms with van der Waals surface area (Å²) in [6, 6.07) is 12.9. The summed E-state index contributed by atoms with van der Waals surface area (Å²) < 4.78 is 14.6. The molecule has 1 aromatic heterocycles. The number of rotatable bonds is 1. The SMILES string of the molecule is O=C1C(c2ccc(F)cc2)Nc2cnc3ccccc3[n+]21. The second-order valence-corrected chi connectivity index (χ2v) is 4.93. The van der Waals surface area contributed by atoms with Crippen molar-refractivity contribution < 1.29 is 13.8 Å². The largest absolute Gasteiger partial charge is 0.364 e. The second kappa shape index (κ2) is 4.34. The van der Waals surface area contributed by atoms with Gasteiger partial charge in [0, 0.05) is 5.56 Å². The Labute approximate surface area is 119 Å². The Kier molecular flexibility index (Phi) is 2.47. The number of fused-ring (bicyclic) bond motifs is 3. The van der Waals surface area contributed by atoms with Crippen LogP contribution in [-0.2, 0) is 0 Å². The predicted molar refractivity (Wildman–Crippen MR) is 75.3 cm³/mol. The molecule has 1 unspecified atom stereocenters. The lowest BCUT2D eigenvalue weighted by molar-refractivity contribution is -0.524. The smallest absolute Gasteiger partial charge is 0.254 e. The number of nitrogens with zero attached hydrogens (tertiary/aromatic N) is 2. The van der Waals surface area contributed by atoms with Gasteiger partial charge in [0.1, 0.15) is 17.5 Å². The molecule has 5 heteroatoms. The van der Waals surface area contributed by atoms with E-state index in [2.05, 4.69) is 10.3 Å². The number of anilines is 1. The number of benzene rings is 2. The molecule has 1 N–H and O–H groups in total. The number of hydrogen-bond acceptors (Lipinski definition) is 3. The monoisotopic (exact) mass is 280 g/mol. The Morgan fingerprint density at radius 2 is 1.86 bits per heavy atom. The Hall–Kier alpha value is -2.82. The third-order valence-corrected chi connectivity index (χ3v) is 3.65. The van der Waals surface area contributed by atoms with Crippen molar-refractivity contribution in [3.05, 3.63) is 66.1 Å². The molecule has 4 nitrogen and oxygen atoms in total. The number of para-hydroxylation sites is 2. The van der Waals surface area contributed by atoms with Crippen LogP contribution in [0.3, 0.4) is 0 Å². The van der Waals surface area contributed by atoms with Crippen LogP contribution in [0, 0.1) is 5.82 Å². The molecule has 21 heavy (non-hydrogen) atoms. The highest BCUT2D eigenvalue weighted by Crippen LogP contribution is 2.25. The van der Waals surface area contributed by atoms with Crippen molar-refractivity contribution in [2.24, 2.45) is 0 Å². The molecule has 4 rings (SSSR count). The van der Waals surface area contributed by atoms with E-state index >= 15 is 0 Å². The minimum absolute atomic E-state index is 0.0878. The second-order valence-electron chi connectivity index (χ2n) is 4.93. The van der Waals surface area contributed by atoms with Gasteiger partial charge in [-0.3, -0.25) is 5.32 Å². The van der Waals surface area contributed by atoms with Gasteiger partial charge >= 0.3 is 11.7 Å². The van der Waals surface area contributed by atoms with Crippen molar-refractivity contribution >= 4 is 22.8 Å². The summed E-state index contributed by atoms with van der Waals surface area (Å²) >= 11 is 0. The molecule has 0 fully saturated rings. The van der Waals surface area contributed by atoms with Crippen molar-refractivity contribution in [1.29, 1.82) is 0 Å². The van der Waals surface area contributed by atoms with Crippen molar-refractivity contribution in [1.82, 2.24) is 4.98 Å². The molecule has 1 aliphatic rings. The van der Waals surface area contributed by atoms with E-state index in [9.17, 15) is 9.18 Å². The van der Waals surface area contributed by atoms with E-state index in [1.165, 1.54) is 12.1 Å². The summed E-state index contributed by atoms with van der Waals surface area (Å²) in [5.41, 5.74) is 2.25. The van der Waals surface area contributed by atoms with Crippen LogP contribution in [0.5, 0.6) is 0 Å². The molecular formula is C16H11FN3O+. The molecule has 0 saturated heterocycles. The Morgan fingerprint density at radius 3 is 2.67 bits per heavy atom. The van der Waals surface area contributed by atoms with Crippen LogP contribution in [0.4, 0.5) is 10.2 Å². The summed E-state index contributed by atoms with van der Waals surface area (Å²) in [4.78, 5) is 17.0. The Morgan fingerprint density at radius 1 is 1.10 bits per heavy atom. The first-order valence-corrected chi connectivity index (χ1v) is 6.60. The fraction of sp³-hybridized carbons (Fsp3) is 0.0625. The van der Waals surface area contributed by atoms with Crippen LogP contribution in [0.15, 0.2) is 54.7 Å². The van der Waals surface area contributed by atoms with Gasteiger partial charge in [-0.2, -0.15) is 4.57 Å². The Bertz CT molecular complexity index is 861. The third kappa shape index (κ3) is 1.78. The molecule has 102 valence electrons. The third-order valence-electron chi connectivity index (χ3n) is 3.65. The fourth-order valence-corrected chi connectivity index (χ4v) is 2.64. The van der Waals surface area contributed by atoms with E-state index in [0.29, 0.717) is 5.82 Å². The number of carbonyl (C=O) groups is 1. The van der Waals surface area contributed by atoms with Gasteiger partial charge in [0.05, 0.1) is 0 Å². The maximum absolute atomic E-state index is 13.0. The van der Waals surface area contributed by atoms with Crippen LogP contribution >= 0.6 is 0 Å². The highest BCUT2D eigenvalue weighted by Gasteiger charge is 2.40. The molecule has 0 amide bonds. The van der Waals surface area contributed by atoms with Crippen LogP contribution in [-0.4, -0.2) is 10.9 Å². The van der Waals surface area contributed by atoms with Crippen LogP contribution in [0.25, 0.3) is 11.0 Å². The summed E-state index contributed by atoms with van der Waals surface area (Å²) in [7, 11) is 0. The first kappa shape index (κ1) is 12.0. The zero-order chi connectivity index (χ0) is 14.4. The van der Waals surface area contributed by atoms with Gasteiger partial charge in [0.2, 0.25) is 6.04 Å². The highest BCUT2D eigenvalue weighted by atomic mass is 19.1. The first-order chi connectivity index (χ1) is 10.2. The van der Waals surface area contributed by atoms with Gasteiger partial charge in [-0.15, -0.1) is 0 Å². The molecule has 3 aromatic rings. The van der Waals surface area contributed by atoms with Gasteiger partial charge in [-0.05, 0) is 24.3 Å². The van der Waals surface area contributed by atoms with Gasteiger partial charge in [0.25, 0.3) is 0 Å². The lowest BCUT2D eigenvalue weighted by atomic mass is 10.1. The average Bonchev–Trinajstić information content (AvgIpc) is 2.86. The molecule has 2 aromatic carbocycles. The van der Waals surface area contributed by atoms with E-state index in [0.717, 1.165) is 16.6 Å². The maximum Gasteiger partial charge on any atom is 0.364 e. The molecule has 0 radical (unpaired) electrons. The van der Waals surface area contributed by atoms with Crippen molar-refractivity contribution in [3.63, 3.8) is 0 Å².